The molecule has 1 aliphatic rings. The van der Waals surface area contributed by atoms with Gasteiger partial charge in [0.1, 0.15) is 5.60 Å². The quantitative estimate of drug-likeness (QED) is 0.758. The van der Waals surface area contributed by atoms with Crippen LogP contribution in [0, 0.1) is 0 Å². The van der Waals surface area contributed by atoms with E-state index in [1.807, 2.05) is 20.8 Å². The molecule has 1 aliphatic heterocycles. The smallest absolute Gasteiger partial charge is 0.410 e. The first kappa shape index (κ1) is 14.3. The number of ether oxygens (including phenoxy) is 1. The van der Waals surface area contributed by atoms with Crippen LogP contribution in [0.3, 0.4) is 0 Å². The van der Waals surface area contributed by atoms with Gasteiger partial charge in [-0.05, 0) is 59.7 Å². The number of amides is 1. The zero-order valence-corrected chi connectivity index (χ0v) is 11.7. The average molecular weight is 242 g/mol. The van der Waals surface area contributed by atoms with Crippen LogP contribution in [0.25, 0.3) is 0 Å². The first-order chi connectivity index (χ1) is 7.88. The van der Waals surface area contributed by atoms with Crippen LogP contribution in [0.1, 0.15) is 40.0 Å². The van der Waals surface area contributed by atoms with Gasteiger partial charge in [-0.1, -0.05) is 0 Å². The molecule has 1 amide bonds. The SMILES string of the molecule is CN(CCCN1CCCC1)C(=O)OC(C)(C)C. The number of rotatable bonds is 4. The maximum atomic E-state index is 11.7. The molecule has 0 aromatic carbocycles. The van der Waals surface area contributed by atoms with E-state index in [1.54, 1.807) is 11.9 Å². The Bertz CT molecular complexity index is 242. The standard InChI is InChI=1S/C13H26N2O2/c1-13(2,3)17-12(16)14(4)8-7-11-15-9-5-6-10-15/h5-11H2,1-4H3. The van der Waals surface area contributed by atoms with Gasteiger partial charge >= 0.3 is 6.09 Å². The summed E-state index contributed by atoms with van der Waals surface area (Å²) in [6, 6.07) is 0. The van der Waals surface area contributed by atoms with Crippen molar-refractivity contribution in [3.05, 3.63) is 0 Å². The van der Waals surface area contributed by atoms with Gasteiger partial charge in [0.15, 0.2) is 0 Å². The second-order valence-corrected chi connectivity index (χ2v) is 5.80. The number of nitrogens with zero attached hydrogens (tertiary/aromatic N) is 2. The average Bonchev–Trinajstić information content (AvgIpc) is 2.67. The summed E-state index contributed by atoms with van der Waals surface area (Å²) < 4.78 is 5.30. The van der Waals surface area contributed by atoms with E-state index in [2.05, 4.69) is 4.90 Å². The fraction of sp³-hybridized carbons (Fsp3) is 0.923. The van der Waals surface area contributed by atoms with Crippen molar-refractivity contribution in [2.75, 3.05) is 33.2 Å². The van der Waals surface area contributed by atoms with E-state index < -0.39 is 5.60 Å². The number of hydrogen-bond acceptors (Lipinski definition) is 3. The van der Waals surface area contributed by atoms with Gasteiger partial charge in [0.2, 0.25) is 0 Å². The van der Waals surface area contributed by atoms with Crippen molar-refractivity contribution in [2.45, 2.75) is 45.6 Å². The van der Waals surface area contributed by atoms with E-state index in [0.717, 1.165) is 19.5 Å². The topological polar surface area (TPSA) is 32.8 Å². The molecular formula is C13H26N2O2. The van der Waals surface area contributed by atoms with E-state index in [9.17, 15) is 4.79 Å². The summed E-state index contributed by atoms with van der Waals surface area (Å²) in [6.45, 7) is 9.97. The lowest BCUT2D eigenvalue weighted by Gasteiger charge is -2.25. The fourth-order valence-corrected chi connectivity index (χ4v) is 1.97. The van der Waals surface area contributed by atoms with Gasteiger partial charge in [-0.25, -0.2) is 4.79 Å². The largest absolute Gasteiger partial charge is 0.444 e. The Morgan fingerprint density at radius 3 is 2.41 bits per heavy atom. The molecule has 4 nitrogen and oxygen atoms in total. The molecule has 17 heavy (non-hydrogen) atoms. The summed E-state index contributed by atoms with van der Waals surface area (Å²) in [5, 5.41) is 0. The van der Waals surface area contributed by atoms with Crippen molar-refractivity contribution in [1.29, 1.82) is 0 Å². The van der Waals surface area contributed by atoms with Gasteiger partial charge in [0.25, 0.3) is 0 Å². The third kappa shape index (κ3) is 5.91. The molecule has 0 aromatic rings. The van der Waals surface area contributed by atoms with Crippen molar-refractivity contribution in [2.24, 2.45) is 0 Å². The third-order valence-corrected chi connectivity index (χ3v) is 2.87. The molecule has 4 heteroatoms. The highest BCUT2D eigenvalue weighted by Crippen LogP contribution is 2.10. The Hall–Kier alpha value is -0.770. The zero-order chi connectivity index (χ0) is 12.9. The third-order valence-electron chi connectivity index (χ3n) is 2.87. The summed E-state index contributed by atoms with van der Waals surface area (Å²) in [6.07, 6.45) is 3.44. The highest BCUT2D eigenvalue weighted by atomic mass is 16.6. The number of likely N-dealkylation sites (tertiary alicyclic amines) is 1. The lowest BCUT2D eigenvalue weighted by Crippen LogP contribution is -2.35. The molecule has 0 unspecified atom stereocenters. The second-order valence-electron chi connectivity index (χ2n) is 5.80. The Morgan fingerprint density at radius 1 is 1.29 bits per heavy atom. The molecule has 0 aliphatic carbocycles. The molecule has 0 spiro atoms. The summed E-state index contributed by atoms with van der Waals surface area (Å²) >= 11 is 0. The van der Waals surface area contributed by atoms with E-state index in [4.69, 9.17) is 4.74 Å². The van der Waals surface area contributed by atoms with Crippen LogP contribution in [0.4, 0.5) is 4.79 Å². The second kappa shape index (κ2) is 6.24. The Morgan fingerprint density at radius 2 is 1.88 bits per heavy atom. The van der Waals surface area contributed by atoms with E-state index in [0.29, 0.717) is 0 Å². The summed E-state index contributed by atoms with van der Waals surface area (Å²) in [7, 11) is 1.80. The van der Waals surface area contributed by atoms with Crippen LogP contribution in [0.2, 0.25) is 0 Å². The molecule has 1 heterocycles. The van der Waals surface area contributed by atoms with Gasteiger partial charge in [0, 0.05) is 13.6 Å². The molecule has 0 saturated carbocycles. The highest BCUT2D eigenvalue weighted by Gasteiger charge is 2.19. The van der Waals surface area contributed by atoms with E-state index in [1.165, 1.54) is 25.9 Å². The first-order valence-electron chi connectivity index (χ1n) is 6.55. The van der Waals surface area contributed by atoms with Crippen LogP contribution < -0.4 is 0 Å². The maximum absolute atomic E-state index is 11.7. The lowest BCUT2D eigenvalue weighted by atomic mass is 10.2. The monoisotopic (exact) mass is 242 g/mol. The van der Waals surface area contributed by atoms with Crippen LogP contribution in [-0.2, 0) is 4.74 Å². The minimum Gasteiger partial charge on any atom is -0.444 e. The van der Waals surface area contributed by atoms with Crippen molar-refractivity contribution in [3.63, 3.8) is 0 Å². The molecule has 1 saturated heterocycles. The summed E-state index contributed by atoms with van der Waals surface area (Å²) in [5.41, 5.74) is -0.402. The molecular weight excluding hydrogens is 216 g/mol. The minimum absolute atomic E-state index is 0.223. The zero-order valence-electron chi connectivity index (χ0n) is 11.7. The van der Waals surface area contributed by atoms with Crippen molar-refractivity contribution in [3.8, 4) is 0 Å². The fourth-order valence-electron chi connectivity index (χ4n) is 1.97. The van der Waals surface area contributed by atoms with Crippen molar-refractivity contribution >= 4 is 6.09 Å². The summed E-state index contributed by atoms with van der Waals surface area (Å²) in [5.74, 6) is 0. The molecule has 0 radical (unpaired) electrons. The number of hydrogen-bond donors (Lipinski definition) is 0. The van der Waals surface area contributed by atoms with E-state index in [-0.39, 0.29) is 6.09 Å². The molecule has 0 atom stereocenters. The maximum Gasteiger partial charge on any atom is 0.410 e. The van der Waals surface area contributed by atoms with Gasteiger partial charge < -0.3 is 14.5 Å². The highest BCUT2D eigenvalue weighted by molar-refractivity contribution is 5.67. The molecule has 0 bridgehead atoms. The van der Waals surface area contributed by atoms with Crippen LogP contribution in [-0.4, -0.2) is 54.7 Å². The van der Waals surface area contributed by atoms with Crippen molar-refractivity contribution in [1.82, 2.24) is 9.80 Å². The molecule has 1 fully saturated rings. The van der Waals surface area contributed by atoms with Gasteiger partial charge in [0.05, 0.1) is 0 Å². The molecule has 100 valence electrons. The number of carbonyl (C=O) groups excluding carboxylic acids is 1. The van der Waals surface area contributed by atoms with Gasteiger partial charge in [-0.15, -0.1) is 0 Å². The molecule has 1 rings (SSSR count). The molecule has 0 aromatic heterocycles. The Balaban J connectivity index is 2.15. The van der Waals surface area contributed by atoms with Gasteiger partial charge in [-0.3, -0.25) is 0 Å². The lowest BCUT2D eigenvalue weighted by molar-refractivity contribution is 0.0293. The predicted molar refractivity (Wildman–Crippen MR) is 69.2 cm³/mol. The van der Waals surface area contributed by atoms with Crippen molar-refractivity contribution < 1.29 is 9.53 Å². The normalized spacial score (nSPS) is 17.2. The Labute approximate surface area is 105 Å². The van der Waals surface area contributed by atoms with Crippen LogP contribution in [0.5, 0.6) is 0 Å². The Kier molecular flexibility index (Phi) is 5.25. The van der Waals surface area contributed by atoms with Crippen LogP contribution >= 0.6 is 0 Å². The van der Waals surface area contributed by atoms with Gasteiger partial charge in [-0.2, -0.15) is 0 Å². The van der Waals surface area contributed by atoms with Crippen LogP contribution in [0.15, 0.2) is 0 Å². The minimum atomic E-state index is -0.402. The predicted octanol–water partition coefficient (Wildman–Crippen LogP) is 2.34. The molecule has 0 N–H and O–H groups in total. The number of carbonyl (C=O) groups is 1. The summed E-state index contributed by atoms with van der Waals surface area (Å²) in [4.78, 5) is 15.8. The first-order valence-corrected chi connectivity index (χ1v) is 6.55. The van der Waals surface area contributed by atoms with E-state index >= 15 is 0 Å².